The molecule has 0 heterocycles. The molecule has 0 N–H and O–H groups in total. The van der Waals surface area contributed by atoms with E-state index in [4.69, 9.17) is 0 Å². The van der Waals surface area contributed by atoms with Crippen LogP contribution in [0.5, 0.6) is 0 Å². The van der Waals surface area contributed by atoms with Crippen molar-refractivity contribution in [2.75, 3.05) is 0 Å². The van der Waals surface area contributed by atoms with Crippen molar-refractivity contribution >= 4 is 5.78 Å². The minimum Gasteiger partial charge on any atom is -0.299 e. The third kappa shape index (κ3) is 3.80. The summed E-state index contributed by atoms with van der Waals surface area (Å²) < 4.78 is 0. The first-order valence-electron chi connectivity index (χ1n) is 7.31. The number of Topliss-reactive ketones (excluding diaryl/α,β-unsaturated/α-hetero) is 1. The fourth-order valence-corrected chi connectivity index (χ4v) is 2.47. The van der Waals surface area contributed by atoms with Gasteiger partial charge in [0.15, 0.2) is 0 Å². The van der Waals surface area contributed by atoms with Crippen molar-refractivity contribution in [1.29, 1.82) is 0 Å². The predicted octanol–water partition coefficient (Wildman–Crippen LogP) is 4.82. The van der Waals surface area contributed by atoms with Crippen molar-refractivity contribution in [3.05, 3.63) is 71.8 Å². The number of carbonyl (C=O) groups is 1. The zero-order valence-electron chi connectivity index (χ0n) is 12.3. The van der Waals surface area contributed by atoms with Crippen LogP contribution in [0.1, 0.15) is 43.7 Å². The average molecular weight is 266 g/mol. The highest BCUT2D eigenvalue weighted by atomic mass is 16.1. The first kappa shape index (κ1) is 14.5. The van der Waals surface area contributed by atoms with Crippen molar-refractivity contribution in [1.82, 2.24) is 0 Å². The van der Waals surface area contributed by atoms with E-state index in [1.807, 2.05) is 26.0 Å². The van der Waals surface area contributed by atoms with E-state index in [9.17, 15) is 4.79 Å². The lowest BCUT2D eigenvalue weighted by atomic mass is 9.86. The Kier molecular flexibility index (Phi) is 5.11. The summed E-state index contributed by atoms with van der Waals surface area (Å²) in [5, 5.41) is 0. The van der Waals surface area contributed by atoms with Crippen molar-refractivity contribution in [3.8, 4) is 0 Å². The predicted molar refractivity (Wildman–Crippen MR) is 83.8 cm³/mol. The minimum atomic E-state index is 0.127. The van der Waals surface area contributed by atoms with E-state index in [2.05, 4.69) is 48.5 Å². The molecule has 0 aliphatic heterocycles. The van der Waals surface area contributed by atoms with Crippen molar-refractivity contribution in [3.63, 3.8) is 0 Å². The van der Waals surface area contributed by atoms with Gasteiger partial charge in [-0.15, -0.1) is 0 Å². The van der Waals surface area contributed by atoms with Crippen LogP contribution < -0.4 is 0 Å². The molecule has 0 amide bonds. The second-order valence-electron chi connectivity index (χ2n) is 5.53. The zero-order chi connectivity index (χ0) is 14.4. The second kappa shape index (κ2) is 7.04. The van der Waals surface area contributed by atoms with Crippen LogP contribution in [0.2, 0.25) is 0 Å². The summed E-state index contributed by atoms with van der Waals surface area (Å²) in [5.74, 6) is 0.782. The molecule has 1 heteroatoms. The van der Waals surface area contributed by atoms with Crippen molar-refractivity contribution in [2.24, 2.45) is 5.92 Å². The van der Waals surface area contributed by atoms with Gasteiger partial charge in [0.2, 0.25) is 0 Å². The number of rotatable bonds is 6. The van der Waals surface area contributed by atoms with E-state index in [0.29, 0.717) is 18.1 Å². The van der Waals surface area contributed by atoms with Crippen LogP contribution in [-0.2, 0) is 4.79 Å². The van der Waals surface area contributed by atoms with E-state index in [1.54, 1.807) is 0 Å². The first-order valence-corrected chi connectivity index (χ1v) is 7.31. The molecule has 20 heavy (non-hydrogen) atoms. The number of benzene rings is 2. The highest BCUT2D eigenvalue weighted by Crippen LogP contribution is 2.29. The van der Waals surface area contributed by atoms with Gasteiger partial charge in [-0.3, -0.25) is 4.79 Å². The van der Waals surface area contributed by atoms with Gasteiger partial charge < -0.3 is 0 Å². The van der Waals surface area contributed by atoms with Crippen LogP contribution in [0, 0.1) is 5.92 Å². The standard InChI is InChI=1S/C19H22O/c1-15(2)19(20)14-13-18(16-9-5-3-6-10-16)17-11-7-4-8-12-17/h3-12,15,18H,13-14H2,1-2H3. The largest absolute Gasteiger partial charge is 0.299 e. The van der Waals surface area contributed by atoms with Crippen LogP contribution in [-0.4, -0.2) is 5.78 Å². The third-order valence-electron chi connectivity index (χ3n) is 3.73. The molecule has 2 aromatic carbocycles. The number of hydrogen-bond acceptors (Lipinski definition) is 1. The Hall–Kier alpha value is -1.89. The summed E-state index contributed by atoms with van der Waals surface area (Å²) in [6, 6.07) is 20.9. The molecule has 2 rings (SSSR count). The Labute approximate surface area is 121 Å². The highest BCUT2D eigenvalue weighted by molar-refractivity contribution is 5.80. The molecule has 0 aliphatic carbocycles. The molecule has 0 fully saturated rings. The summed E-state index contributed by atoms with van der Waals surface area (Å²) in [4.78, 5) is 11.9. The summed E-state index contributed by atoms with van der Waals surface area (Å²) in [5.41, 5.74) is 2.57. The molecule has 0 bridgehead atoms. The van der Waals surface area contributed by atoms with E-state index < -0.39 is 0 Å². The smallest absolute Gasteiger partial charge is 0.135 e. The van der Waals surface area contributed by atoms with Crippen LogP contribution in [0.15, 0.2) is 60.7 Å². The van der Waals surface area contributed by atoms with Crippen molar-refractivity contribution < 1.29 is 4.79 Å². The van der Waals surface area contributed by atoms with Crippen LogP contribution in [0.25, 0.3) is 0 Å². The van der Waals surface area contributed by atoms with Crippen LogP contribution >= 0.6 is 0 Å². The van der Waals surface area contributed by atoms with Crippen LogP contribution in [0.3, 0.4) is 0 Å². The van der Waals surface area contributed by atoms with Crippen molar-refractivity contribution in [2.45, 2.75) is 32.6 Å². The lowest BCUT2D eigenvalue weighted by molar-refractivity contribution is -0.122. The normalized spacial score (nSPS) is 11.0. The Morgan fingerprint density at radius 2 is 1.30 bits per heavy atom. The highest BCUT2D eigenvalue weighted by Gasteiger charge is 2.16. The van der Waals surface area contributed by atoms with E-state index in [1.165, 1.54) is 11.1 Å². The van der Waals surface area contributed by atoms with Crippen LogP contribution in [0.4, 0.5) is 0 Å². The fraction of sp³-hybridized carbons (Fsp3) is 0.316. The molecule has 0 unspecified atom stereocenters. The molecule has 0 atom stereocenters. The molecule has 0 radical (unpaired) electrons. The summed E-state index contributed by atoms with van der Waals surface area (Å²) >= 11 is 0. The van der Waals surface area contributed by atoms with Gasteiger partial charge >= 0.3 is 0 Å². The SMILES string of the molecule is CC(C)C(=O)CCC(c1ccccc1)c1ccccc1. The molecular weight excluding hydrogens is 244 g/mol. The van der Waals surface area contributed by atoms with Gasteiger partial charge in [-0.2, -0.15) is 0 Å². The van der Waals surface area contributed by atoms with Gasteiger partial charge in [0.25, 0.3) is 0 Å². The van der Waals surface area contributed by atoms with Gasteiger partial charge in [0.05, 0.1) is 0 Å². The molecule has 1 nitrogen and oxygen atoms in total. The third-order valence-corrected chi connectivity index (χ3v) is 3.73. The van der Waals surface area contributed by atoms with E-state index >= 15 is 0 Å². The zero-order valence-corrected chi connectivity index (χ0v) is 12.3. The maximum absolute atomic E-state index is 11.9. The fourth-order valence-electron chi connectivity index (χ4n) is 2.47. The molecule has 0 saturated carbocycles. The monoisotopic (exact) mass is 266 g/mol. The number of carbonyl (C=O) groups excluding carboxylic acids is 1. The molecule has 104 valence electrons. The average Bonchev–Trinajstić information content (AvgIpc) is 2.49. The first-order chi connectivity index (χ1) is 9.68. The summed E-state index contributed by atoms with van der Waals surface area (Å²) in [7, 11) is 0. The Bertz CT molecular complexity index is 489. The van der Waals surface area contributed by atoms with E-state index in [0.717, 1.165) is 6.42 Å². The van der Waals surface area contributed by atoms with Gasteiger partial charge in [0.1, 0.15) is 5.78 Å². The van der Waals surface area contributed by atoms with E-state index in [-0.39, 0.29) is 5.92 Å². The number of ketones is 1. The Balaban J connectivity index is 2.20. The van der Waals surface area contributed by atoms with Gasteiger partial charge in [-0.1, -0.05) is 74.5 Å². The molecule has 2 aromatic rings. The number of hydrogen-bond donors (Lipinski definition) is 0. The second-order valence-corrected chi connectivity index (χ2v) is 5.53. The Morgan fingerprint density at radius 1 is 0.850 bits per heavy atom. The lowest BCUT2D eigenvalue weighted by Crippen LogP contribution is -2.10. The summed E-state index contributed by atoms with van der Waals surface area (Å²) in [6.45, 7) is 3.95. The molecule has 0 spiro atoms. The molecule has 0 saturated heterocycles. The minimum absolute atomic E-state index is 0.127. The lowest BCUT2D eigenvalue weighted by Gasteiger charge is -2.18. The van der Waals surface area contributed by atoms with Gasteiger partial charge in [-0.05, 0) is 17.5 Å². The van der Waals surface area contributed by atoms with Gasteiger partial charge in [0, 0.05) is 18.3 Å². The van der Waals surface area contributed by atoms with Gasteiger partial charge in [-0.25, -0.2) is 0 Å². The quantitative estimate of drug-likeness (QED) is 0.732. The molecule has 0 aromatic heterocycles. The topological polar surface area (TPSA) is 17.1 Å². The Morgan fingerprint density at radius 3 is 1.70 bits per heavy atom. The maximum atomic E-state index is 11.9. The maximum Gasteiger partial charge on any atom is 0.135 e. The molecule has 0 aliphatic rings. The summed E-state index contributed by atoms with van der Waals surface area (Å²) in [6.07, 6.45) is 1.52. The molecular formula is C19H22O.